The molecule has 0 radical (unpaired) electrons. The predicted molar refractivity (Wildman–Crippen MR) is 78.5 cm³/mol. The molecule has 0 spiro atoms. The van der Waals surface area contributed by atoms with E-state index < -0.39 is 0 Å². The molecule has 5 heteroatoms. The first kappa shape index (κ1) is 13.7. The van der Waals surface area contributed by atoms with Crippen molar-refractivity contribution in [2.24, 2.45) is 0 Å². The zero-order valence-corrected chi connectivity index (χ0v) is 11.9. The van der Waals surface area contributed by atoms with Gasteiger partial charge in [-0.2, -0.15) is 0 Å². The van der Waals surface area contributed by atoms with Crippen LogP contribution in [0.1, 0.15) is 36.7 Å². The smallest absolute Gasteiger partial charge is 0.410 e. The second-order valence-electron chi connectivity index (χ2n) is 5.22. The van der Waals surface area contributed by atoms with E-state index in [1.807, 2.05) is 30.3 Å². The molecule has 1 aliphatic rings. The molecule has 1 aromatic carbocycles. The molecule has 5 nitrogen and oxygen atoms in total. The van der Waals surface area contributed by atoms with E-state index in [4.69, 9.17) is 4.74 Å². The highest BCUT2D eigenvalue weighted by atomic mass is 16.6. The number of imidazole rings is 1. The van der Waals surface area contributed by atoms with Crippen LogP contribution in [0.4, 0.5) is 4.79 Å². The summed E-state index contributed by atoms with van der Waals surface area (Å²) in [6.07, 6.45) is 6.29. The highest BCUT2D eigenvalue weighted by Crippen LogP contribution is 2.29. The molecule has 3 rings (SSSR count). The lowest BCUT2D eigenvalue weighted by Crippen LogP contribution is -2.39. The maximum absolute atomic E-state index is 12.3. The van der Waals surface area contributed by atoms with Crippen molar-refractivity contribution < 1.29 is 9.53 Å². The summed E-state index contributed by atoms with van der Waals surface area (Å²) in [4.78, 5) is 21.5. The minimum atomic E-state index is -0.264. The van der Waals surface area contributed by atoms with Crippen molar-refractivity contribution >= 4 is 6.09 Å². The molecule has 1 N–H and O–H groups in total. The Kier molecular flexibility index (Phi) is 4.19. The fourth-order valence-electron chi connectivity index (χ4n) is 2.70. The molecule has 1 amide bonds. The maximum Gasteiger partial charge on any atom is 0.410 e. The molecule has 1 fully saturated rings. The number of rotatable bonds is 3. The number of H-pyrrole nitrogens is 1. The summed E-state index contributed by atoms with van der Waals surface area (Å²) >= 11 is 0. The second kappa shape index (κ2) is 6.43. The average Bonchev–Trinajstić information content (AvgIpc) is 3.08. The number of carbonyl (C=O) groups excluding carboxylic acids is 1. The minimum Gasteiger partial charge on any atom is -0.445 e. The van der Waals surface area contributed by atoms with Crippen LogP contribution in [0.2, 0.25) is 0 Å². The first-order valence-corrected chi connectivity index (χ1v) is 7.31. The number of nitrogens with zero attached hydrogens (tertiary/aromatic N) is 2. The summed E-state index contributed by atoms with van der Waals surface area (Å²) in [7, 11) is 0. The number of piperidine rings is 1. The van der Waals surface area contributed by atoms with E-state index in [1.54, 1.807) is 17.3 Å². The maximum atomic E-state index is 12.3. The largest absolute Gasteiger partial charge is 0.445 e. The highest BCUT2D eigenvalue weighted by molar-refractivity contribution is 5.68. The standard InChI is InChI=1S/C16H19N3O2/c20-16(21-12-13-6-2-1-3-7-13)19-11-5-4-8-14(19)15-17-9-10-18-15/h1-3,6-7,9-10,14H,4-5,8,11-12H2,(H,17,18). The van der Waals surface area contributed by atoms with Gasteiger partial charge >= 0.3 is 6.09 Å². The quantitative estimate of drug-likeness (QED) is 0.941. The molecule has 1 aliphatic heterocycles. The average molecular weight is 285 g/mol. The van der Waals surface area contributed by atoms with Gasteiger partial charge in [-0.15, -0.1) is 0 Å². The molecule has 0 aliphatic carbocycles. The molecule has 2 heterocycles. The van der Waals surface area contributed by atoms with Crippen molar-refractivity contribution in [2.45, 2.75) is 31.9 Å². The van der Waals surface area contributed by atoms with Crippen LogP contribution < -0.4 is 0 Å². The molecule has 0 saturated carbocycles. The summed E-state index contributed by atoms with van der Waals surface area (Å²) in [6.45, 7) is 1.03. The molecule has 1 unspecified atom stereocenters. The van der Waals surface area contributed by atoms with Gasteiger partial charge in [0.2, 0.25) is 0 Å². The third kappa shape index (κ3) is 3.24. The lowest BCUT2D eigenvalue weighted by atomic mass is 10.0. The third-order valence-corrected chi connectivity index (χ3v) is 3.78. The Balaban J connectivity index is 1.64. The van der Waals surface area contributed by atoms with Gasteiger partial charge in [0, 0.05) is 18.9 Å². The minimum absolute atomic E-state index is 0.00276. The van der Waals surface area contributed by atoms with E-state index in [0.29, 0.717) is 6.61 Å². The summed E-state index contributed by atoms with van der Waals surface area (Å²) in [5.74, 6) is 0.839. The number of ether oxygens (including phenoxy) is 1. The molecule has 2 aromatic rings. The summed E-state index contributed by atoms with van der Waals surface area (Å²) in [5, 5.41) is 0. The number of likely N-dealkylation sites (tertiary alicyclic amines) is 1. The number of hydrogen-bond acceptors (Lipinski definition) is 3. The van der Waals surface area contributed by atoms with Crippen molar-refractivity contribution in [3.05, 3.63) is 54.1 Å². The number of carbonyl (C=O) groups is 1. The lowest BCUT2D eigenvalue weighted by Gasteiger charge is -2.33. The Labute approximate surface area is 124 Å². The number of nitrogens with one attached hydrogen (secondary N) is 1. The van der Waals surface area contributed by atoms with Crippen LogP contribution in [0.3, 0.4) is 0 Å². The number of aromatic nitrogens is 2. The van der Waals surface area contributed by atoms with Crippen LogP contribution in [0.15, 0.2) is 42.7 Å². The van der Waals surface area contributed by atoms with E-state index in [9.17, 15) is 4.79 Å². The van der Waals surface area contributed by atoms with Crippen LogP contribution in [0.25, 0.3) is 0 Å². The Hall–Kier alpha value is -2.30. The van der Waals surface area contributed by atoms with E-state index in [2.05, 4.69) is 9.97 Å². The molecule has 110 valence electrons. The van der Waals surface area contributed by atoms with Gasteiger partial charge in [0.25, 0.3) is 0 Å². The summed E-state index contributed by atoms with van der Waals surface area (Å²) in [5.41, 5.74) is 0.998. The monoisotopic (exact) mass is 285 g/mol. The van der Waals surface area contributed by atoms with Crippen LogP contribution in [-0.4, -0.2) is 27.5 Å². The van der Waals surface area contributed by atoms with E-state index in [1.165, 1.54) is 0 Å². The van der Waals surface area contributed by atoms with Crippen molar-refractivity contribution in [1.29, 1.82) is 0 Å². The van der Waals surface area contributed by atoms with Crippen LogP contribution in [0, 0.1) is 0 Å². The molecule has 1 aromatic heterocycles. The third-order valence-electron chi connectivity index (χ3n) is 3.78. The van der Waals surface area contributed by atoms with Gasteiger partial charge in [0.1, 0.15) is 12.4 Å². The second-order valence-corrected chi connectivity index (χ2v) is 5.22. The molecule has 1 saturated heterocycles. The van der Waals surface area contributed by atoms with Gasteiger partial charge in [-0.3, -0.25) is 4.90 Å². The van der Waals surface area contributed by atoms with Crippen LogP contribution in [0.5, 0.6) is 0 Å². The van der Waals surface area contributed by atoms with E-state index in [0.717, 1.165) is 37.2 Å². The number of benzene rings is 1. The summed E-state index contributed by atoms with van der Waals surface area (Å²) < 4.78 is 5.44. The lowest BCUT2D eigenvalue weighted by molar-refractivity contribution is 0.0660. The van der Waals surface area contributed by atoms with Gasteiger partial charge in [0.05, 0.1) is 6.04 Å². The number of aromatic amines is 1. The van der Waals surface area contributed by atoms with Gasteiger partial charge < -0.3 is 9.72 Å². The first-order chi connectivity index (χ1) is 10.3. The summed E-state index contributed by atoms with van der Waals surface area (Å²) in [6, 6.07) is 9.73. The number of amides is 1. The van der Waals surface area contributed by atoms with Crippen molar-refractivity contribution in [3.8, 4) is 0 Å². The molecular formula is C16H19N3O2. The fraction of sp³-hybridized carbons (Fsp3) is 0.375. The Morgan fingerprint density at radius 2 is 2.19 bits per heavy atom. The van der Waals surface area contributed by atoms with Gasteiger partial charge in [0.15, 0.2) is 0 Å². The Bertz CT molecular complexity index is 568. The first-order valence-electron chi connectivity index (χ1n) is 7.31. The van der Waals surface area contributed by atoms with Crippen LogP contribution in [-0.2, 0) is 11.3 Å². The van der Waals surface area contributed by atoms with Crippen LogP contribution >= 0.6 is 0 Å². The van der Waals surface area contributed by atoms with Crippen molar-refractivity contribution in [3.63, 3.8) is 0 Å². The van der Waals surface area contributed by atoms with Gasteiger partial charge in [-0.1, -0.05) is 30.3 Å². The zero-order chi connectivity index (χ0) is 14.5. The molecule has 0 bridgehead atoms. The Morgan fingerprint density at radius 3 is 2.95 bits per heavy atom. The predicted octanol–water partition coefficient (Wildman–Crippen LogP) is 3.27. The van der Waals surface area contributed by atoms with Gasteiger partial charge in [-0.25, -0.2) is 9.78 Å². The highest BCUT2D eigenvalue weighted by Gasteiger charge is 2.30. The fourth-order valence-corrected chi connectivity index (χ4v) is 2.70. The SMILES string of the molecule is O=C(OCc1ccccc1)N1CCCCC1c1ncc[nH]1. The van der Waals surface area contributed by atoms with Crippen molar-refractivity contribution in [2.75, 3.05) is 6.54 Å². The molecular weight excluding hydrogens is 266 g/mol. The molecule has 1 atom stereocenters. The van der Waals surface area contributed by atoms with Gasteiger partial charge in [-0.05, 0) is 24.8 Å². The Morgan fingerprint density at radius 1 is 1.33 bits per heavy atom. The van der Waals surface area contributed by atoms with Crippen molar-refractivity contribution in [1.82, 2.24) is 14.9 Å². The van der Waals surface area contributed by atoms with E-state index >= 15 is 0 Å². The normalized spacial score (nSPS) is 18.5. The topological polar surface area (TPSA) is 58.2 Å². The van der Waals surface area contributed by atoms with E-state index in [-0.39, 0.29) is 12.1 Å². The molecule has 21 heavy (non-hydrogen) atoms. The number of hydrogen-bond donors (Lipinski definition) is 1. The zero-order valence-electron chi connectivity index (χ0n) is 11.9.